The first-order valence-corrected chi connectivity index (χ1v) is 11.5. The SMILES string of the molecule is CC(C)(C)[Si](C)(C)O[C@H]1C[C@H](n2cnc3c(N)nc(F)nc32)O[C@@H]1CO. The summed E-state index contributed by atoms with van der Waals surface area (Å²) in [6.45, 7) is 10.6. The second-order valence-corrected chi connectivity index (χ2v) is 12.9. The fourth-order valence-electron chi connectivity index (χ4n) is 2.84. The molecule has 0 spiro atoms. The average Bonchev–Trinajstić information content (AvgIpc) is 3.09. The van der Waals surface area contributed by atoms with Gasteiger partial charge in [0.15, 0.2) is 25.3 Å². The van der Waals surface area contributed by atoms with Gasteiger partial charge in [-0.25, -0.2) is 4.98 Å². The molecule has 1 fully saturated rings. The summed E-state index contributed by atoms with van der Waals surface area (Å²) in [7, 11) is -2.04. The predicted molar refractivity (Wildman–Crippen MR) is 97.4 cm³/mol. The number of aliphatic hydroxyl groups is 1. The molecule has 0 unspecified atom stereocenters. The molecule has 1 aliphatic heterocycles. The molecule has 3 N–H and O–H groups in total. The number of aromatic nitrogens is 4. The lowest BCUT2D eigenvalue weighted by molar-refractivity contribution is -0.0410. The Kier molecular flexibility index (Phi) is 4.80. The number of ether oxygens (including phenoxy) is 1. The van der Waals surface area contributed by atoms with Gasteiger partial charge in [-0.3, -0.25) is 4.57 Å². The van der Waals surface area contributed by atoms with E-state index in [0.29, 0.717) is 11.9 Å². The molecule has 3 heterocycles. The minimum atomic E-state index is -2.04. The lowest BCUT2D eigenvalue weighted by atomic mass is 10.2. The predicted octanol–water partition coefficient (Wildman–Crippen LogP) is 2.22. The Hall–Kier alpha value is -1.62. The zero-order chi connectivity index (χ0) is 19.3. The summed E-state index contributed by atoms with van der Waals surface area (Å²) in [4.78, 5) is 11.5. The molecule has 3 rings (SSSR count). The van der Waals surface area contributed by atoms with E-state index in [-0.39, 0.29) is 29.2 Å². The maximum absolute atomic E-state index is 13.6. The van der Waals surface area contributed by atoms with Crippen LogP contribution in [0.15, 0.2) is 6.33 Å². The molecule has 1 saturated heterocycles. The van der Waals surface area contributed by atoms with Crippen molar-refractivity contribution in [3.05, 3.63) is 12.4 Å². The van der Waals surface area contributed by atoms with Gasteiger partial charge in [-0.1, -0.05) is 20.8 Å². The number of anilines is 1. The smallest absolute Gasteiger partial charge is 0.312 e. The summed E-state index contributed by atoms with van der Waals surface area (Å²) in [5, 5.41) is 9.77. The highest BCUT2D eigenvalue weighted by Gasteiger charge is 2.45. The summed E-state index contributed by atoms with van der Waals surface area (Å²) in [5.74, 6) is -0.0166. The Labute approximate surface area is 152 Å². The molecule has 1 aliphatic rings. The molecule has 0 radical (unpaired) electrons. The first-order chi connectivity index (χ1) is 12.0. The van der Waals surface area contributed by atoms with Crippen molar-refractivity contribution in [2.75, 3.05) is 12.3 Å². The number of imidazole rings is 1. The highest BCUT2D eigenvalue weighted by molar-refractivity contribution is 6.74. The number of halogens is 1. The lowest BCUT2D eigenvalue weighted by Gasteiger charge is -2.39. The number of aliphatic hydroxyl groups excluding tert-OH is 1. The number of nitrogen functional groups attached to an aromatic ring is 1. The Balaban J connectivity index is 1.88. The number of fused-ring (bicyclic) bond motifs is 1. The first-order valence-electron chi connectivity index (χ1n) is 8.63. The minimum absolute atomic E-state index is 0.0166. The van der Waals surface area contributed by atoms with E-state index >= 15 is 0 Å². The molecule has 144 valence electrons. The molecular formula is C16H26FN5O3Si. The van der Waals surface area contributed by atoms with Crippen LogP contribution >= 0.6 is 0 Å². The number of nitrogens with two attached hydrogens (primary N) is 1. The lowest BCUT2D eigenvalue weighted by Crippen LogP contribution is -2.46. The van der Waals surface area contributed by atoms with Crippen LogP contribution in [0.3, 0.4) is 0 Å². The number of hydrogen-bond acceptors (Lipinski definition) is 7. The minimum Gasteiger partial charge on any atom is -0.411 e. The number of rotatable bonds is 4. The van der Waals surface area contributed by atoms with Crippen molar-refractivity contribution in [3.8, 4) is 0 Å². The van der Waals surface area contributed by atoms with Crippen molar-refractivity contribution in [1.82, 2.24) is 19.5 Å². The van der Waals surface area contributed by atoms with Crippen LogP contribution in [-0.2, 0) is 9.16 Å². The van der Waals surface area contributed by atoms with Gasteiger partial charge in [0.25, 0.3) is 0 Å². The molecule has 0 bridgehead atoms. The molecule has 0 amide bonds. The van der Waals surface area contributed by atoms with E-state index in [2.05, 4.69) is 48.8 Å². The molecule has 0 aliphatic carbocycles. The van der Waals surface area contributed by atoms with Crippen molar-refractivity contribution in [3.63, 3.8) is 0 Å². The molecule has 3 atom stereocenters. The third-order valence-electron chi connectivity index (χ3n) is 5.34. The molecule has 0 saturated carbocycles. The summed E-state index contributed by atoms with van der Waals surface area (Å²) in [5.41, 5.74) is 6.31. The van der Waals surface area contributed by atoms with Crippen LogP contribution in [-0.4, -0.2) is 51.8 Å². The van der Waals surface area contributed by atoms with Crippen LogP contribution < -0.4 is 5.73 Å². The van der Waals surface area contributed by atoms with Gasteiger partial charge in [0.1, 0.15) is 12.3 Å². The molecular weight excluding hydrogens is 357 g/mol. The zero-order valence-electron chi connectivity index (χ0n) is 15.7. The summed E-state index contributed by atoms with van der Waals surface area (Å²) in [6.07, 6.45) is -0.0939. The van der Waals surface area contributed by atoms with Crippen molar-refractivity contribution >= 4 is 25.3 Å². The Bertz CT molecular complexity index is 807. The van der Waals surface area contributed by atoms with Crippen LogP contribution in [0.4, 0.5) is 10.2 Å². The van der Waals surface area contributed by atoms with E-state index in [1.165, 1.54) is 6.33 Å². The largest absolute Gasteiger partial charge is 0.411 e. The van der Waals surface area contributed by atoms with Crippen LogP contribution in [0.5, 0.6) is 0 Å². The summed E-state index contributed by atoms with van der Waals surface area (Å²) >= 11 is 0. The molecule has 2 aromatic heterocycles. The standard InChI is InChI=1S/C16H26FN5O3Si/c1-16(2,3)26(4,5)25-9-6-11(24-10(9)7-23)22-8-19-12-13(18)20-15(17)21-14(12)22/h8-11,23H,6-7H2,1-5H3,(H2,18,20,21)/t9-,10+,11+/m0/s1. The van der Waals surface area contributed by atoms with Gasteiger partial charge in [-0.2, -0.15) is 14.4 Å². The highest BCUT2D eigenvalue weighted by Crippen LogP contribution is 2.41. The van der Waals surface area contributed by atoms with Gasteiger partial charge in [0, 0.05) is 6.42 Å². The normalized spacial score (nSPS) is 24.5. The fraction of sp³-hybridized carbons (Fsp3) is 0.688. The topological polar surface area (TPSA) is 108 Å². The van der Waals surface area contributed by atoms with Gasteiger partial charge in [-0.05, 0) is 18.1 Å². The molecule has 10 heteroatoms. The maximum atomic E-state index is 13.6. The van der Waals surface area contributed by atoms with E-state index in [4.69, 9.17) is 14.9 Å². The quantitative estimate of drug-likeness (QED) is 0.615. The molecule has 2 aromatic rings. The van der Waals surface area contributed by atoms with E-state index in [1.807, 2.05) is 0 Å². The van der Waals surface area contributed by atoms with Crippen molar-refractivity contribution in [2.24, 2.45) is 0 Å². The van der Waals surface area contributed by atoms with Crippen molar-refractivity contribution in [1.29, 1.82) is 0 Å². The Morgan fingerprint density at radius 1 is 1.42 bits per heavy atom. The van der Waals surface area contributed by atoms with Crippen molar-refractivity contribution < 1.29 is 18.7 Å². The third kappa shape index (κ3) is 3.33. The average molecular weight is 384 g/mol. The highest BCUT2D eigenvalue weighted by atomic mass is 28.4. The van der Waals surface area contributed by atoms with Crippen molar-refractivity contribution in [2.45, 2.75) is 63.8 Å². The third-order valence-corrected chi connectivity index (χ3v) is 9.85. The number of nitrogens with zero attached hydrogens (tertiary/aromatic N) is 4. The number of hydrogen-bond donors (Lipinski definition) is 2. The van der Waals surface area contributed by atoms with E-state index in [9.17, 15) is 9.50 Å². The van der Waals surface area contributed by atoms with Gasteiger partial charge in [0.2, 0.25) is 0 Å². The monoisotopic (exact) mass is 383 g/mol. The van der Waals surface area contributed by atoms with Gasteiger partial charge in [0.05, 0.1) is 19.0 Å². The summed E-state index contributed by atoms with van der Waals surface area (Å²) < 4.78 is 27.6. The van der Waals surface area contributed by atoms with E-state index < -0.39 is 26.7 Å². The second-order valence-electron chi connectivity index (χ2n) is 8.17. The van der Waals surface area contributed by atoms with E-state index in [1.54, 1.807) is 4.57 Å². The summed E-state index contributed by atoms with van der Waals surface area (Å²) in [6, 6.07) is 0. The van der Waals surface area contributed by atoms with Crippen LogP contribution in [0.2, 0.25) is 18.1 Å². The molecule has 8 nitrogen and oxygen atoms in total. The second kappa shape index (κ2) is 6.52. The van der Waals surface area contributed by atoms with Gasteiger partial charge in [-0.15, -0.1) is 0 Å². The van der Waals surface area contributed by atoms with Gasteiger partial charge < -0.3 is 20.0 Å². The first kappa shape index (κ1) is 19.1. The molecule has 26 heavy (non-hydrogen) atoms. The fourth-order valence-corrected chi connectivity index (χ4v) is 4.19. The van der Waals surface area contributed by atoms with Crippen LogP contribution in [0, 0.1) is 6.08 Å². The van der Waals surface area contributed by atoms with Gasteiger partial charge >= 0.3 is 6.08 Å². The van der Waals surface area contributed by atoms with E-state index in [0.717, 1.165) is 0 Å². The molecule has 0 aromatic carbocycles. The van der Waals surface area contributed by atoms with Crippen LogP contribution in [0.1, 0.15) is 33.4 Å². The van der Waals surface area contributed by atoms with Crippen LogP contribution in [0.25, 0.3) is 11.2 Å². The maximum Gasteiger partial charge on any atom is 0.312 e. The Morgan fingerprint density at radius 3 is 2.73 bits per heavy atom. The zero-order valence-corrected chi connectivity index (χ0v) is 16.7. The Morgan fingerprint density at radius 2 is 2.12 bits per heavy atom.